The van der Waals surface area contributed by atoms with Crippen LogP contribution < -0.4 is 4.90 Å². The molecule has 0 amide bonds. The second-order valence-corrected chi connectivity index (χ2v) is 5.47. The molecule has 2 aromatic carbocycles. The molecular formula is C19H18FNS. The molecule has 0 fully saturated rings. The molecule has 0 aromatic heterocycles. The van der Waals surface area contributed by atoms with Crippen LogP contribution in [0.4, 0.5) is 9.57 Å². The summed E-state index contributed by atoms with van der Waals surface area (Å²) in [6.07, 6.45) is 3.50. The van der Waals surface area contributed by atoms with Gasteiger partial charge in [-0.25, -0.2) is 0 Å². The van der Waals surface area contributed by atoms with Crippen molar-refractivity contribution in [2.75, 3.05) is 4.90 Å². The summed E-state index contributed by atoms with van der Waals surface area (Å²) in [5.41, 5.74) is 4.69. The highest BCUT2D eigenvalue weighted by Crippen LogP contribution is 2.30. The molecule has 0 bridgehead atoms. The van der Waals surface area contributed by atoms with Crippen molar-refractivity contribution < 1.29 is 3.89 Å². The number of hydrogen-bond acceptors (Lipinski definition) is 2. The minimum Gasteiger partial charge on any atom is -0.318 e. The number of nitrogens with zero attached hydrogens (tertiary/aromatic N) is 1. The molecule has 2 aromatic rings. The quantitative estimate of drug-likeness (QED) is 0.621. The highest BCUT2D eigenvalue weighted by molar-refractivity contribution is 7.94. The number of rotatable bonds is 6. The van der Waals surface area contributed by atoms with Crippen LogP contribution in [-0.4, -0.2) is 0 Å². The average molecular weight is 311 g/mol. The molecule has 22 heavy (non-hydrogen) atoms. The molecule has 0 saturated carbocycles. The molecule has 0 aliphatic carbocycles. The molecule has 2 rings (SSSR count). The van der Waals surface area contributed by atoms with Gasteiger partial charge in [0.2, 0.25) is 0 Å². The molecule has 0 unspecified atom stereocenters. The van der Waals surface area contributed by atoms with Gasteiger partial charge in [-0.2, -0.15) is 3.89 Å². The van der Waals surface area contributed by atoms with Gasteiger partial charge in [0.25, 0.3) is 0 Å². The highest BCUT2D eigenvalue weighted by Gasteiger charge is 2.12. The molecule has 0 N–H and O–H groups in total. The third-order valence-electron chi connectivity index (χ3n) is 3.49. The van der Waals surface area contributed by atoms with Gasteiger partial charge < -0.3 is 4.90 Å². The van der Waals surface area contributed by atoms with Crippen molar-refractivity contribution in [1.82, 2.24) is 0 Å². The van der Waals surface area contributed by atoms with Crippen molar-refractivity contribution in [3.05, 3.63) is 85.1 Å². The van der Waals surface area contributed by atoms with Crippen molar-refractivity contribution >= 4 is 29.6 Å². The van der Waals surface area contributed by atoms with E-state index in [2.05, 4.69) is 19.7 Å². The fraction of sp³-hybridized carbons (Fsp3) is 0.0526. The van der Waals surface area contributed by atoms with Gasteiger partial charge in [-0.05, 0) is 42.3 Å². The van der Waals surface area contributed by atoms with Crippen LogP contribution in [0.5, 0.6) is 0 Å². The van der Waals surface area contributed by atoms with Crippen LogP contribution in [0, 0.1) is 6.92 Å². The lowest BCUT2D eigenvalue weighted by molar-refractivity contribution is 0.933. The third kappa shape index (κ3) is 3.31. The largest absolute Gasteiger partial charge is 0.318 e. The Kier molecular flexibility index (Phi) is 5.23. The highest BCUT2D eigenvalue weighted by atomic mass is 32.2. The van der Waals surface area contributed by atoms with E-state index in [0.29, 0.717) is 4.90 Å². The van der Waals surface area contributed by atoms with Gasteiger partial charge in [-0.1, -0.05) is 44.0 Å². The number of hydrogen-bond donors (Lipinski definition) is 0. The van der Waals surface area contributed by atoms with E-state index in [1.807, 2.05) is 42.2 Å². The third-order valence-corrected chi connectivity index (χ3v) is 3.92. The van der Waals surface area contributed by atoms with Crippen LogP contribution in [0.15, 0.2) is 73.3 Å². The van der Waals surface area contributed by atoms with E-state index in [9.17, 15) is 3.89 Å². The summed E-state index contributed by atoms with van der Waals surface area (Å²) >= 11 is 0.233. The Morgan fingerprint density at radius 2 is 1.82 bits per heavy atom. The zero-order valence-corrected chi connectivity index (χ0v) is 13.4. The molecule has 0 saturated heterocycles. The standard InChI is InChI=1S/C19H18FNS/c1-5-16-8-10-17(11-9-16)21(6-2)15(4)19-13-18(22-20)12-7-14(19)3/h5-13H,1-2,4H2,3H3. The summed E-state index contributed by atoms with van der Waals surface area (Å²) in [7, 11) is 0. The maximum atomic E-state index is 12.8. The predicted octanol–water partition coefficient (Wildman–Crippen LogP) is 6.24. The van der Waals surface area contributed by atoms with E-state index < -0.39 is 0 Å². The first-order valence-electron chi connectivity index (χ1n) is 6.83. The van der Waals surface area contributed by atoms with Crippen LogP contribution in [0.2, 0.25) is 0 Å². The van der Waals surface area contributed by atoms with E-state index in [1.165, 1.54) is 0 Å². The fourth-order valence-corrected chi connectivity index (χ4v) is 2.51. The minimum absolute atomic E-state index is 0.233. The molecule has 0 aliphatic heterocycles. The van der Waals surface area contributed by atoms with Crippen LogP contribution in [0.25, 0.3) is 11.8 Å². The summed E-state index contributed by atoms with van der Waals surface area (Å²) in [6, 6.07) is 13.4. The lowest BCUT2D eigenvalue weighted by atomic mass is 10.0. The van der Waals surface area contributed by atoms with Gasteiger partial charge in [-0.15, -0.1) is 0 Å². The summed E-state index contributed by atoms with van der Waals surface area (Å²) in [6.45, 7) is 13.7. The van der Waals surface area contributed by atoms with Gasteiger partial charge in [0.15, 0.2) is 0 Å². The summed E-state index contributed by atoms with van der Waals surface area (Å²) in [5, 5.41) is 0. The van der Waals surface area contributed by atoms with Gasteiger partial charge in [0.05, 0.1) is 12.1 Å². The van der Waals surface area contributed by atoms with Gasteiger partial charge >= 0.3 is 0 Å². The van der Waals surface area contributed by atoms with E-state index in [0.717, 1.165) is 28.1 Å². The monoisotopic (exact) mass is 311 g/mol. The Morgan fingerprint density at radius 3 is 2.36 bits per heavy atom. The van der Waals surface area contributed by atoms with E-state index in [1.54, 1.807) is 24.4 Å². The maximum absolute atomic E-state index is 12.8. The van der Waals surface area contributed by atoms with Gasteiger partial charge in [0.1, 0.15) is 0 Å². The molecule has 3 heteroatoms. The molecule has 112 valence electrons. The average Bonchev–Trinajstić information content (AvgIpc) is 2.56. The van der Waals surface area contributed by atoms with Crippen molar-refractivity contribution in [3.8, 4) is 0 Å². The summed E-state index contributed by atoms with van der Waals surface area (Å²) in [4.78, 5) is 2.45. The first-order valence-corrected chi connectivity index (χ1v) is 7.55. The van der Waals surface area contributed by atoms with Crippen molar-refractivity contribution in [2.24, 2.45) is 0 Å². The fourth-order valence-electron chi connectivity index (χ4n) is 2.23. The molecule has 0 atom stereocenters. The second-order valence-electron chi connectivity index (χ2n) is 4.85. The zero-order chi connectivity index (χ0) is 16.1. The molecule has 1 nitrogen and oxygen atoms in total. The van der Waals surface area contributed by atoms with Crippen LogP contribution in [0.1, 0.15) is 16.7 Å². The number of halogens is 1. The topological polar surface area (TPSA) is 3.24 Å². The first-order chi connectivity index (χ1) is 10.6. The summed E-state index contributed by atoms with van der Waals surface area (Å²) in [5.74, 6) is 0. The van der Waals surface area contributed by atoms with E-state index in [-0.39, 0.29) is 12.1 Å². The van der Waals surface area contributed by atoms with Crippen LogP contribution in [-0.2, 0) is 0 Å². The molecule has 0 aliphatic rings. The molecular weight excluding hydrogens is 293 g/mol. The molecule has 0 radical (unpaired) electrons. The maximum Gasteiger partial charge on any atom is 0.0812 e. The first kappa shape index (κ1) is 16.1. The second kappa shape index (κ2) is 7.14. The normalized spacial score (nSPS) is 10.1. The van der Waals surface area contributed by atoms with Crippen molar-refractivity contribution in [1.29, 1.82) is 0 Å². The smallest absolute Gasteiger partial charge is 0.0812 e. The van der Waals surface area contributed by atoms with Crippen molar-refractivity contribution in [3.63, 3.8) is 0 Å². The van der Waals surface area contributed by atoms with E-state index in [4.69, 9.17) is 0 Å². The number of anilines is 1. The SMILES string of the molecule is C=Cc1ccc(N(C=C)C(=C)c2cc(SF)ccc2C)cc1. The van der Waals surface area contributed by atoms with Crippen LogP contribution in [0.3, 0.4) is 0 Å². The Balaban J connectivity index is 2.39. The molecule has 0 spiro atoms. The van der Waals surface area contributed by atoms with Crippen molar-refractivity contribution in [2.45, 2.75) is 11.8 Å². The lowest BCUT2D eigenvalue weighted by Crippen LogP contribution is -2.13. The molecule has 0 heterocycles. The van der Waals surface area contributed by atoms with E-state index >= 15 is 0 Å². The summed E-state index contributed by atoms with van der Waals surface area (Å²) < 4.78 is 12.8. The Morgan fingerprint density at radius 1 is 1.14 bits per heavy atom. The lowest BCUT2D eigenvalue weighted by Gasteiger charge is -2.24. The minimum atomic E-state index is 0.233. The number of aryl methyl sites for hydroxylation is 1. The Hall–Kier alpha value is -2.26. The van der Waals surface area contributed by atoms with Gasteiger partial charge in [-0.3, -0.25) is 0 Å². The Bertz CT molecular complexity index is 704. The Labute approximate surface area is 135 Å². The number of benzene rings is 2. The van der Waals surface area contributed by atoms with Gasteiger partial charge in [0, 0.05) is 28.0 Å². The van der Waals surface area contributed by atoms with Crippen LogP contribution >= 0.6 is 12.1 Å². The zero-order valence-electron chi connectivity index (χ0n) is 12.6. The predicted molar refractivity (Wildman–Crippen MR) is 96.4 cm³/mol.